The van der Waals surface area contributed by atoms with Gasteiger partial charge in [-0.05, 0) is 26.7 Å². The van der Waals surface area contributed by atoms with E-state index in [4.69, 9.17) is 4.74 Å². The van der Waals surface area contributed by atoms with Crippen LogP contribution in [0.2, 0.25) is 0 Å². The molecule has 2 N–H and O–H groups in total. The van der Waals surface area contributed by atoms with Gasteiger partial charge in [0.1, 0.15) is 5.60 Å². The van der Waals surface area contributed by atoms with E-state index in [2.05, 4.69) is 29.8 Å². The molecule has 0 aromatic carbocycles. The van der Waals surface area contributed by atoms with Crippen molar-refractivity contribution in [1.82, 2.24) is 20.6 Å². The second-order valence-corrected chi connectivity index (χ2v) is 5.85. The molecule has 6 nitrogen and oxygen atoms in total. The maximum Gasteiger partial charge on any atom is 0.422 e. The van der Waals surface area contributed by atoms with Crippen molar-refractivity contribution < 1.29 is 9.53 Å². The van der Waals surface area contributed by atoms with E-state index in [9.17, 15) is 4.79 Å². The van der Waals surface area contributed by atoms with Gasteiger partial charge < -0.3 is 4.74 Å². The Hall–Kier alpha value is -1.56. The number of nitrogens with zero attached hydrogens (tertiary/aromatic N) is 2. The van der Waals surface area contributed by atoms with Crippen molar-refractivity contribution >= 4 is 6.09 Å². The van der Waals surface area contributed by atoms with Gasteiger partial charge in [0, 0.05) is 25.4 Å². The molecular formula is C13H24N4O2. The first-order valence-electron chi connectivity index (χ1n) is 6.43. The van der Waals surface area contributed by atoms with Crippen molar-refractivity contribution in [2.24, 2.45) is 7.05 Å². The van der Waals surface area contributed by atoms with Crippen molar-refractivity contribution in [3.8, 4) is 0 Å². The van der Waals surface area contributed by atoms with Gasteiger partial charge in [-0.25, -0.2) is 10.2 Å². The fourth-order valence-corrected chi connectivity index (χ4v) is 1.69. The molecule has 6 heteroatoms. The molecule has 0 spiro atoms. The van der Waals surface area contributed by atoms with Crippen LogP contribution in [0.15, 0.2) is 6.20 Å². The van der Waals surface area contributed by atoms with Crippen LogP contribution in [0.1, 0.15) is 51.8 Å². The number of hydrogen-bond donors (Lipinski definition) is 2. The molecule has 0 radical (unpaired) electrons. The summed E-state index contributed by atoms with van der Waals surface area (Å²) in [5, 5.41) is 4.40. The number of aryl methyl sites for hydroxylation is 1. The molecule has 19 heavy (non-hydrogen) atoms. The van der Waals surface area contributed by atoms with E-state index in [0.717, 1.165) is 11.3 Å². The number of amides is 1. The number of carbonyl (C=O) groups is 1. The van der Waals surface area contributed by atoms with Gasteiger partial charge in [-0.3, -0.25) is 10.1 Å². The Bertz CT molecular complexity index is 432. The summed E-state index contributed by atoms with van der Waals surface area (Å²) in [6.45, 7) is 10.2. The lowest BCUT2D eigenvalue weighted by Crippen LogP contribution is -2.40. The zero-order valence-corrected chi connectivity index (χ0v) is 12.6. The highest BCUT2D eigenvalue weighted by Crippen LogP contribution is 2.16. The average molecular weight is 268 g/mol. The molecule has 1 aromatic rings. The van der Waals surface area contributed by atoms with Gasteiger partial charge in [0.2, 0.25) is 0 Å². The molecule has 0 atom stereocenters. The zero-order chi connectivity index (χ0) is 14.6. The minimum atomic E-state index is -0.497. The minimum Gasteiger partial charge on any atom is -0.443 e. The lowest BCUT2D eigenvalue weighted by Gasteiger charge is -2.19. The van der Waals surface area contributed by atoms with Crippen molar-refractivity contribution in [2.75, 3.05) is 0 Å². The predicted molar refractivity (Wildman–Crippen MR) is 73.5 cm³/mol. The second kappa shape index (κ2) is 6.06. The molecule has 1 heterocycles. The Morgan fingerprint density at radius 3 is 2.63 bits per heavy atom. The summed E-state index contributed by atoms with van der Waals surface area (Å²) >= 11 is 0. The van der Waals surface area contributed by atoms with E-state index in [0.29, 0.717) is 12.5 Å². The fraction of sp³-hybridized carbons (Fsp3) is 0.692. The highest BCUT2D eigenvalue weighted by atomic mass is 16.6. The van der Waals surface area contributed by atoms with Crippen LogP contribution in [0.5, 0.6) is 0 Å². The fourth-order valence-electron chi connectivity index (χ4n) is 1.69. The van der Waals surface area contributed by atoms with E-state index in [1.54, 1.807) is 4.68 Å². The van der Waals surface area contributed by atoms with Crippen molar-refractivity contribution in [3.05, 3.63) is 17.5 Å². The molecule has 1 rings (SSSR count). The highest BCUT2D eigenvalue weighted by Gasteiger charge is 2.16. The number of ether oxygens (including phenoxy) is 1. The summed E-state index contributed by atoms with van der Waals surface area (Å²) in [6.07, 6.45) is 1.46. The highest BCUT2D eigenvalue weighted by molar-refractivity contribution is 5.66. The molecule has 1 aromatic heterocycles. The van der Waals surface area contributed by atoms with Crippen molar-refractivity contribution in [1.29, 1.82) is 0 Å². The standard InChI is InChI=1S/C13H24N4O2/c1-9(2)11-10(8-17(6)16-11)7-14-15-12(18)19-13(3,4)5/h8-9,14H,7H2,1-6H3,(H,15,18). The number of rotatable bonds is 4. The van der Waals surface area contributed by atoms with Gasteiger partial charge in [0.15, 0.2) is 0 Å². The number of nitrogens with one attached hydrogen (secondary N) is 2. The first-order chi connectivity index (χ1) is 8.69. The maximum atomic E-state index is 11.5. The molecule has 0 bridgehead atoms. The predicted octanol–water partition coefficient (Wildman–Crippen LogP) is 2.07. The van der Waals surface area contributed by atoms with Crippen LogP contribution >= 0.6 is 0 Å². The molecular weight excluding hydrogens is 244 g/mol. The lowest BCUT2D eigenvalue weighted by atomic mass is 10.1. The van der Waals surface area contributed by atoms with Gasteiger partial charge in [-0.2, -0.15) is 5.10 Å². The van der Waals surface area contributed by atoms with Crippen LogP contribution in [0.4, 0.5) is 4.79 Å². The summed E-state index contributed by atoms with van der Waals surface area (Å²) in [5.74, 6) is 0.347. The van der Waals surface area contributed by atoms with Crippen LogP contribution < -0.4 is 10.9 Å². The molecule has 0 fully saturated rings. The topological polar surface area (TPSA) is 68.2 Å². The first kappa shape index (κ1) is 15.5. The zero-order valence-electron chi connectivity index (χ0n) is 12.6. The average Bonchev–Trinajstić information content (AvgIpc) is 2.57. The summed E-state index contributed by atoms with van der Waals surface area (Å²) in [7, 11) is 1.89. The third-order valence-corrected chi connectivity index (χ3v) is 2.35. The smallest absolute Gasteiger partial charge is 0.422 e. The van der Waals surface area contributed by atoms with Crippen molar-refractivity contribution in [3.63, 3.8) is 0 Å². The molecule has 0 aliphatic heterocycles. The Labute approximate surface area is 114 Å². The summed E-state index contributed by atoms with van der Waals surface area (Å²) in [5.41, 5.74) is 6.96. The van der Waals surface area contributed by atoms with Gasteiger partial charge >= 0.3 is 6.09 Å². The monoisotopic (exact) mass is 268 g/mol. The van der Waals surface area contributed by atoms with Gasteiger partial charge in [-0.1, -0.05) is 13.8 Å². The van der Waals surface area contributed by atoms with E-state index in [-0.39, 0.29) is 0 Å². The van der Waals surface area contributed by atoms with E-state index < -0.39 is 11.7 Å². The first-order valence-corrected chi connectivity index (χ1v) is 6.43. The molecule has 0 saturated heterocycles. The van der Waals surface area contributed by atoms with Crippen LogP contribution in [-0.4, -0.2) is 21.5 Å². The van der Waals surface area contributed by atoms with Crippen LogP contribution in [-0.2, 0) is 18.3 Å². The van der Waals surface area contributed by atoms with Crippen LogP contribution in [0.25, 0.3) is 0 Å². The summed E-state index contributed by atoms with van der Waals surface area (Å²) in [4.78, 5) is 11.5. The molecule has 0 saturated carbocycles. The Balaban J connectivity index is 2.47. The van der Waals surface area contributed by atoms with E-state index in [1.165, 1.54) is 0 Å². The normalized spacial score (nSPS) is 11.7. The Kier molecular flexibility index (Phi) is 4.94. The number of carbonyl (C=O) groups excluding carboxylic acids is 1. The molecule has 0 aliphatic rings. The summed E-state index contributed by atoms with van der Waals surface area (Å²) in [6, 6.07) is 0. The van der Waals surface area contributed by atoms with Crippen LogP contribution in [0, 0.1) is 0 Å². The molecule has 1 amide bonds. The molecule has 0 aliphatic carbocycles. The van der Waals surface area contributed by atoms with Gasteiger partial charge in [-0.15, -0.1) is 0 Å². The third-order valence-electron chi connectivity index (χ3n) is 2.35. The van der Waals surface area contributed by atoms with E-state index >= 15 is 0 Å². The van der Waals surface area contributed by atoms with Crippen LogP contribution in [0.3, 0.4) is 0 Å². The molecule has 0 unspecified atom stereocenters. The van der Waals surface area contributed by atoms with Gasteiger partial charge in [0.05, 0.1) is 5.69 Å². The Morgan fingerprint density at radius 2 is 2.11 bits per heavy atom. The SMILES string of the molecule is CC(C)c1nn(C)cc1CNNC(=O)OC(C)(C)C. The number of hydrazine groups is 1. The third kappa shape index (κ3) is 5.30. The van der Waals surface area contributed by atoms with E-state index in [1.807, 2.05) is 34.0 Å². The minimum absolute atomic E-state index is 0.347. The number of aromatic nitrogens is 2. The Morgan fingerprint density at radius 1 is 1.47 bits per heavy atom. The van der Waals surface area contributed by atoms with Gasteiger partial charge in [0.25, 0.3) is 0 Å². The maximum absolute atomic E-state index is 11.5. The lowest BCUT2D eigenvalue weighted by molar-refractivity contribution is 0.0497. The summed E-state index contributed by atoms with van der Waals surface area (Å²) < 4.78 is 6.90. The van der Waals surface area contributed by atoms with Crippen molar-refractivity contribution in [2.45, 2.75) is 52.7 Å². The quantitative estimate of drug-likeness (QED) is 0.820. The largest absolute Gasteiger partial charge is 0.443 e. The molecule has 108 valence electrons. The number of hydrogen-bond acceptors (Lipinski definition) is 4. The second-order valence-electron chi connectivity index (χ2n) is 5.85.